The molecule has 2 unspecified atom stereocenters. The van der Waals surface area contributed by atoms with Gasteiger partial charge in [-0.2, -0.15) is 0 Å². The van der Waals surface area contributed by atoms with E-state index in [9.17, 15) is 9.59 Å². The third kappa shape index (κ3) is 4.23. The van der Waals surface area contributed by atoms with Crippen molar-refractivity contribution < 1.29 is 19.8 Å². The Morgan fingerprint density at radius 3 is 1.43 bits per heavy atom. The Bertz CT molecular complexity index is 186. The van der Waals surface area contributed by atoms with E-state index in [1.807, 2.05) is 13.8 Å². The summed E-state index contributed by atoms with van der Waals surface area (Å²) in [4.78, 5) is 21.6. The first kappa shape index (κ1) is 13.6. The summed E-state index contributed by atoms with van der Waals surface area (Å²) < 4.78 is 0. The molecule has 0 aliphatic rings. The lowest BCUT2D eigenvalue weighted by Crippen LogP contribution is -2.35. The number of aliphatic carboxylic acids is 2. The molecular formula is C8H14O4S2. The maximum atomic E-state index is 10.8. The Kier molecular flexibility index (Phi) is 6.82. The van der Waals surface area contributed by atoms with Crippen LogP contribution in [0.5, 0.6) is 0 Å². The van der Waals surface area contributed by atoms with E-state index in [0.717, 1.165) is 23.5 Å². The molecule has 2 atom stereocenters. The average molecular weight is 238 g/mol. The van der Waals surface area contributed by atoms with E-state index in [0.29, 0.717) is 11.5 Å². The average Bonchev–Trinajstić information content (AvgIpc) is 2.10. The fraction of sp³-hybridized carbons (Fsp3) is 0.750. The van der Waals surface area contributed by atoms with E-state index in [2.05, 4.69) is 0 Å². The van der Waals surface area contributed by atoms with Crippen molar-refractivity contribution in [1.82, 2.24) is 0 Å². The van der Waals surface area contributed by atoms with Gasteiger partial charge in [0.05, 0.1) is 0 Å². The van der Waals surface area contributed by atoms with Gasteiger partial charge < -0.3 is 10.2 Å². The molecule has 0 saturated heterocycles. The van der Waals surface area contributed by atoms with Crippen molar-refractivity contribution in [2.75, 3.05) is 11.5 Å². The van der Waals surface area contributed by atoms with Crippen molar-refractivity contribution in [2.24, 2.45) is 0 Å². The van der Waals surface area contributed by atoms with Crippen molar-refractivity contribution in [3.05, 3.63) is 0 Å². The quantitative estimate of drug-likeness (QED) is 0.698. The van der Waals surface area contributed by atoms with Gasteiger partial charge in [0, 0.05) is 0 Å². The van der Waals surface area contributed by atoms with Crippen LogP contribution in [0.3, 0.4) is 0 Å². The smallest absolute Gasteiger partial charge is 0.318 e. The van der Waals surface area contributed by atoms with E-state index in [4.69, 9.17) is 10.2 Å². The molecule has 0 aromatic heterocycles. The van der Waals surface area contributed by atoms with Crippen molar-refractivity contribution in [1.29, 1.82) is 0 Å². The van der Waals surface area contributed by atoms with Crippen molar-refractivity contribution in [3.63, 3.8) is 0 Å². The molecule has 0 radical (unpaired) electrons. The molecule has 0 rings (SSSR count). The second-order valence-electron chi connectivity index (χ2n) is 2.43. The van der Waals surface area contributed by atoms with E-state index in [-0.39, 0.29) is 0 Å². The highest BCUT2D eigenvalue weighted by atomic mass is 32.2. The van der Waals surface area contributed by atoms with Gasteiger partial charge in [0.2, 0.25) is 0 Å². The van der Waals surface area contributed by atoms with Gasteiger partial charge in [-0.25, -0.2) is 0 Å². The van der Waals surface area contributed by atoms with Gasteiger partial charge in [0.15, 0.2) is 0 Å². The van der Waals surface area contributed by atoms with Gasteiger partial charge in [0.1, 0.15) is 10.5 Å². The number of thioether (sulfide) groups is 2. The van der Waals surface area contributed by atoms with Crippen molar-refractivity contribution in [2.45, 2.75) is 24.3 Å². The zero-order valence-corrected chi connectivity index (χ0v) is 9.73. The number of carbonyl (C=O) groups is 2. The Balaban J connectivity index is 4.54. The highest BCUT2D eigenvalue weighted by Gasteiger charge is 2.33. The predicted octanol–water partition coefficient (Wildman–Crippen LogP) is 1.40. The summed E-state index contributed by atoms with van der Waals surface area (Å²) in [7, 11) is 0. The van der Waals surface area contributed by atoms with Crippen molar-refractivity contribution >= 4 is 35.5 Å². The van der Waals surface area contributed by atoms with Gasteiger partial charge in [-0.3, -0.25) is 9.59 Å². The normalized spacial score (nSPS) is 14.7. The minimum Gasteiger partial charge on any atom is -0.480 e. The summed E-state index contributed by atoms with van der Waals surface area (Å²) in [6.07, 6.45) is 0. The summed E-state index contributed by atoms with van der Waals surface area (Å²) in [5, 5.41) is 16.0. The number of hydrogen-bond donors (Lipinski definition) is 2. The maximum absolute atomic E-state index is 10.8. The molecule has 4 nitrogen and oxygen atoms in total. The van der Waals surface area contributed by atoms with Gasteiger partial charge in [-0.15, -0.1) is 23.5 Å². The summed E-state index contributed by atoms with van der Waals surface area (Å²) in [5.74, 6) is -0.897. The van der Waals surface area contributed by atoms with Crippen LogP contribution in [0.15, 0.2) is 0 Å². The van der Waals surface area contributed by atoms with Gasteiger partial charge in [0.25, 0.3) is 0 Å². The zero-order valence-electron chi connectivity index (χ0n) is 8.10. The first-order valence-electron chi connectivity index (χ1n) is 4.23. The maximum Gasteiger partial charge on any atom is 0.318 e. The van der Waals surface area contributed by atoms with Crippen molar-refractivity contribution in [3.8, 4) is 0 Å². The number of hydrogen-bond acceptors (Lipinski definition) is 4. The second kappa shape index (κ2) is 7.00. The van der Waals surface area contributed by atoms with Gasteiger partial charge >= 0.3 is 11.9 Å². The first-order valence-corrected chi connectivity index (χ1v) is 6.33. The molecule has 0 aromatic carbocycles. The third-order valence-electron chi connectivity index (χ3n) is 1.45. The largest absolute Gasteiger partial charge is 0.480 e. The SMILES string of the molecule is CCSC(C(=O)O)C(SCC)C(=O)O. The van der Waals surface area contributed by atoms with E-state index < -0.39 is 22.4 Å². The second-order valence-corrected chi connectivity index (χ2v) is 5.27. The summed E-state index contributed by atoms with van der Waals surface area (Å²) in [5.41, 5.74) is 0. The van der Waals surface area contributed by atoms with E-state index in [1.165, 1.54) is 0 Å². The Labute approximate surface area is 91.5 Å². The van der Waals surface area contributed by atoms with Crippen LogP contribution in [0.25, 0.3) is 0 Å². The monoisotopic (exact) mass is 238 g/mol. The molecule has 0 heterocycles. The van der Waals surface area contributed by atoms with Crippen LogP contribution < -0.4 is 0 Å². The topological polar surface area (TPSA) is 74.6 Å². The molecule has 0 saturated carbocycles. The Hall–Kier alpha value is -0.360. The molecule has 14 heavy (non-hydrogen) atoms. The number of rotatable bonds is 7. The van der Waals surface area contributed by atoms with Crippen LogP contribution in [-0.2, 0) is 9.59 Å². The molecular weight excluding hydrogens is 224 g/mol. The van der Waals surface area contributed by atoms with Gasteiger partial charge in [-0.1, -0.05) is 13.8 Å². The molecule has 0 spiro atoms. The molecule has 0 aromatic rings. The summed E-state index contributed by atoms with van der Waals surface area (Å²) in [6.45, 7) is 3.63. The zero-order chi connectivity index (χ0) is 11.1. The highest BCUT2D eigenvalue weighted by molar-refractivity contribution is 8.04. The molecule has 82 valence electrons. The standard InChI is InChI=1S/C8H14O4S2/c1-3-13-5(7(9)10)6(8(11)12)14-4-2/h5-6H,3-4H2,1-2H3,(H,9,10)(H,11,12). The minimum absolute atomic E-state index is 0.602. The molecule has 0 aliphatic heterocycles. The number of carboxylic acid groups (broad SMARTS) is 2. The van der Waals surface area contributed by atoms with Crippen LogP contribution in [0, 0.1) is 0 Å². The molecule has 0 amide bonds. The summed E-state index contributed by atoms with van der Waals surface area (Å²) in [6, 6.07) is 0. The fourth-order valence-electron chi connectivity index (χ4n) is 0.935. The van der Waals surface area contributed by atoms with E-state index >= 15 is 0 Å². The highest BCUT2D eigenvalue weighted by Crippen LogP contribution is 2.25. The third-order valence-corrected chi connectivity index (χ3v) is 3.96. The Morgan fingerprint density at radius 1 is 1.00 bits per heavy atom. The van der Waals surface area contributed by atoms with Crippen LogP contribution in [0.1, 0.15) is 13.8 Å². The first-order chi connectivity index (χ1) is 6.54. The lowest BCUT2D eigenvalue weighted by atomic mass is 10.3. The Morgan fingerprint density at radius 2 is 1.29 bits per heavy atom. The molecule has 6 heteroatoms. The molecule has 0 aliphatic carbocycles. The predicted molar refractivity (Wildman–Crippen MR) is 59.1 cm³/mol. The van der Waals surface area contributed by atoms with Crippen LogP contribution in [-0.4, -0.2) is 44.2 Å². The molecule has 2 N–H and O–H groups in total. The lowest BCUT2D eigenvalue weighted by Gasteiger charge is -2.18. The lowest BCUT2D eigenvalue weighted by molar-refractivity contribution is -0.142. The number of carboxylic acids is 2. The van der Waals surface area contributed by atoms with Crippen LogP contribution in [0.2, 0.25) is 0 Å². The summed E-state index contributed by atoms with van der Waals surface area (Å²) >= 11 is 2.32. The van der Waals surface area contributed by atoms with Crippen LogP contribution in [0.4, 0.5) is 0 Å². The molecule has 0 fully saturated rings. The van der Waals surface area contributed by atoms with Crippen LogP contribution >= 0.6 is 23.5 Å². The minimum atomic E-state index is -1.05. The van der Waals surface area contributed by atoms with Gasteiger partial charge in [-0.05, 0) is 11.5 Å². The fourth-order valence-corrected chi connectivity index (χ4v) is 2.99. The van der Waals surface area contributed by atoms with E-state index in [1.54, 1.807) is 0 Å². The molecule has 0 bridgehead atoms.